The molecule has 1 unspecified atom stereocenters. The molecule has 1 amide bonds. The third-order valence-electron chi connectivity index (χ3n) is 8.85. The van der Waals surface area contributed by atoms with Gasteiger partial charge >= 0.3 is 12.1 Å². The second-order valence-corrected chi connectivity index (χ2v) is 18.0. The molecule has 3 aromatic rings. The Morgan fingerprint density at radius 3 is 2.46 bits per heavy atom. The molecule has 2 atom stereocenters. The van der Waals surface area contributed by atoms with Gasteiger partial charge in [-0.2, -0.15) is 5.10 Å². The van der Waals surface area contributed by atoms with Crippen LogP contribution in [0.4, 0.5) is 10.5 Å². The number of nitrogens with zero attached hydrogens (tertiary/aromatic N) is 3. The summed E-state index contributed by atoms with van der Waals surface area (Å²) in [6.45, 7) is 15.5. The molecule has 12 heteroatoms. The van der Waals surface area contributed by atoms with E-state index in [4.69, 9.17) is 29.1 Å². The third-order valence-corrected chi connectivity index (χ3v) is 13.5. The summed E-state index contributed by atoms with van der Waals surface area (Å²) in [4.78, 5) is 28.1. The van der Waals surface area contributed by atoms with Crippen molar-refractivity contribution >= 4 is 37.0 Å². The largest absolute Gasteiger partial charge is 0.492 e. The van der Waals surface area contributed by atoms with Crippen molar-refractivity contribution in [2.45, 2.75) is 104 Å². The average Bonchev–Trinajstić information content (AvgIpc) is 3.45. The molecule has 2 N–H and O–H groups in total. The normalized spacial score (nSPS) is 16.0. The average molecular weight is 683 g/mol. The predicted octanol–water partition coefficient (Wildman–Crippen LogP) is 7.87. The van der Waals surface area contributed by atoms with Crippen LogP contribution >= 0.6 is 0 Å². The van der Waals surface area contributed by atoms with Crippen LogP contribution in [-0.4, -0.2) is 73.6 Å². The highest BCUT2D eigenvalue weighted by atomic mass is 28.4. The van der Waals surface area contributed by atoms with Gasteiger partial charge in [-0.15, -0.1) is 0 Å². The van der Waals surface area contributed by atoms with Gasteiger partial charge in [-0.3, -0.25) is 0 Å². The van der Waals surface area contributed by atoms with Crippen LogP contribution in [0, 0.1) is 0 Å². The van der Waals surface area contributed by atoms with Gasteiger partial charge in [0, 0.05) is 23.7 Å². The molecule has 1 aromatic heterocycles. The maximum absolute atomic E-state index is 13.6. The van der Waals surface area contributed by atoms with Gasteiger partial charge in [0.05, 0.1) is 31.3 Å². The standard InChI is InChI=1S/C36H54N4O7Si/c1-8-43-34(41)33-29-19-18-28(24-30(29)40(38-33)32-17-12-13-21-45-32)44-22-20-39(35(42)46-36(5,6)7)25-31(26-15-14-16-27(37)23-26)47-48(9-2,10-3)11-4/h14-16,18-19,23-24,31-32H,8-13,17,20-22,25,37H2,1-7H3/t31-,32?/m0/s1. The smallest absolute Gasteiger partial charge is 0.410 e. The second-order valence-electron chi connectivity index (χ2n) is 13.3. The fraction of sp³-hybridized carbons (Fsp3) is 0.583. The lowest BCUT2D eigenvalue weighted by Crippen LogP contribution is -2.45. The number of aromatic nitrogens is 2. The van der Waals surface area contributed by atoms with Crippen LogP contribution in [0.3, 0.4) is 0 Å². The molecule has 4 rings (SSSR count). The highest BCUT2D eigenvalue weighted by Gasteiger charge is 2.35. The SMILES string of the molecule is CCOC(=O)c1nn(C2CCCCO2)c2cc(OCCN(C[C@H](O[Si](CC)(CC)CC)c3cccc(N)c3)C(=O)OC(C)(C)C)ccc12. The molecular formula is C36H54N4O7Si. The summed E-state index contributed by atoms with van der Waals surface area (Å²) >= 11 is 0. The molecule has 0 saturated carbocycles. The van der Waals surface area contributed by atoms with Crippen molar-refractivity contribution in [1.29, 1.82) is 0 Å². The summed E-state index contributed by atoms with van der Waals surface area (Å²) in [7, 11) is -2.07. The van der Waals surface area contributed by atoms with Crippen molar-refractivity contribution in [2.24, 2.45) is 0 Å². The molecule has 2 aromatic carbocycles. The number of hydrogen-bond acceptors (Lipinski definition) is 9. The zero-order valence-corrected chi connectivity index (χ0v) is 30.8. The molecule has 0 bridgehead atoms. The first-order valence-electron chi connectivity index (χ1n) is 17.4. The molecule has 1 aliphatic rings. The van der Waals surface area contributed by atoms with Crippen LogP contribution in [-0.2, 0) is 18.6 Å². The Bertz CT molecular complexity index is 1500. The minimum atomic E-state index is -2.07. The van der Waals surface area contributed by atoms with Gasteiger partial charge in [-0.1, -0.05) is 32.9 Å². The number of rotatable bonds is 15. The number of ether oxygens (including phenoxy) is 4. The lowest BCUT2D eigenvalue weighted by atomic mass is 10.1. The van der Waals surface area contributed by atoms with Crippen molar-refractivity contribution in [2.75, 3.05) is 38.6 Å². The topological polar surface area (TPSA) is 127 Å². The molecule has 0 radical (unpaired) electrons. The van der Waals surface area contributed by atoms with E-state index in [0.717, 1.165) is 48.5 Å². The monoisotopic (exact) mass is 682 g/mol. The van der Waals surface area contributed by atoms with E-state index >= 15 is 0 Å². The summed E-state index contributed by atoms with van der Waals surface area (Å²) in [6, 6.07) is 16.1. The molecule has 264 valence electrons. The third kappa shape index (κ3) is 9.51. The fourth-order valence-electron chi connectivity index (χ4n) is 6.02. The number of anilines is 1. The van der Waals surface area contributed by atoms with Crippen molar-refractivity contribution in [1.82, 2.24) is 14.7 Å². The van der Waals surface area contributed by atoms with Gasteiger partial charge in [0.2, 0.25) is 0 Å². The minimum Gasteiger partial charge on any atom is -0.492 e. The molecule has 11 nitrogen and oxygen atoms in total. The highest BCUT2D eigenvalue weighted by molar-refractivity contribution is 6.73. The number of hydrogen-bond donors (Lipinski definition) is 1. The molecule has 0 aliphatic carbocycles. The van der Waals surface area contributed by atoms with E-state index in [1.54, 1.807) is 22.6 Å². The maximum atomic E-state index is 13.6. The number of esters is 1. The molecule has 0 spiro atoms. The summed E-state index contributed by atoms with van der Waals surface area (Å²) in [5, 5.41) is 5.30. The van der Waals surface area contributed by atoms with E-state index in [1.165, 1.54) is 0 Å². The Balaban J connectivity index is 1.60. The number of carbonyl (C=O) groups excluding carboxylic acids is 2. The summed E-state index contributed by atoms with van der Waals surface area (Å²) in [6.07, 6.45) is 1.69. The first-order chi connectivity index (χ1) is 22.9. The van der Waals surface area contributed by atoms with Gasteiger partial charge in [-0.25, -0.2) is 14.3 Å². The summed E-state index contributed by atoms with van der Waals surface area (Å²) < 4.78 is 32.2. The van der Waals surface area contributed by atoms with Gasteiger partial charge in [0.25, 0.3) is 0 Å². The van der Waals surface area contributed by atoms with Crippen molar-refractivity contribution in [3.8, 4) is 5.75 Å². The Morgan fingerprint density at radius 1 is 1.08 bits per heavy atom. The Kier molecular flexibility index (Phi) is 12.9. The first kappa shape index (κ1) is 37.2. The minimum absolute atomic E-state index is 0.200. The van der Waals surface area contributed by atoms with E-state index in [-0.39, 0.29) is 44.3 Å². The van der Waals surface area contributed by atoms with Crippen molar-refractivity contribution in [3.63, 3.8) is 0 Å². The molecule has 48 heavy (non-hydrogen) atoms. The van der Waals surface area contributed by atoms with Gasteiger partial charge in [0.1, 0.15) is 18.0 Å². The molecule has 2 heterocycles. The van der Waals surface area contributed by atoms with Gasteiger partial charge in [0.15, 0.2) is 20.2 Å². The lowest BCUT2D eigenvalue weighted by molar-refractivity contribution is -0.0369. The summed E-state index contributed by atoms with van der Waals surface area (Å²) in [5.74, 6) is 0.106. The van der Waals surface area contributed by atoms with E-state index in [9.17, 15) is 9.59 Å². The number of carbonyl (C=O) groups is 2. The zero-order valence-electron chi connectivity index (χ0n) is 29.8. The number of nitrogens with two attached hydrogens (primary N) is 1. The van der Waals surface area contributed by atoms with E-state index in [0.29, 0.717) is 23.4 Å². The Hall–Kier alpha value is -3.61. The maximum Gasteiger partial charge on any atom is 0.410 e. The van der Waals surface area contributed by atoms with E-state index < -0.39 is 26.0 Å². The first-order valence-corrected chi connectivity index (χ1v) is 19.9. The van der Waals surface area contributed by atoms with Crippen LogP contribution in [0.25, 0.3) is 10.9 Å². The molecule has 1 saturated heterocycles. The van der Waals surface area contributed by atoms with Crippen LogP contribution in [0.5, 0.6) is 5.75 Å². The quantitative estimate of drug-likeness (QED) is 0.0968. The number of nitrogen functional groups attached to an aromatic ring is 1. The van der Waals surface area contributed by atoms with Gasteiger partial charge < -0.3 is 34.0 Å². The van der Waals surface area contributed by atoms with E-state index in [2.05, 4.69) is 25.9 Å². The molecular weight excluding hydrogens is 629 g/mol. The van der Waals surface area contributed by atoms with Crippen LogP contribution < -0.4 is 10.5 Å². The van der Waals surface area contributed by atoms with Crippen LogP contribution in [0.15, 0.2) is 42.5 Å². The van der Waals surface area contributed by atoms with Crippen molar-refractivity contribution < 1.29 is 33.0 Å². The predicted molar refractivity (Wildman–Crippen MR) is 190 cm³/mol. The highest BCUT2D eigenvalue weighted by Crippen LogP contribution is 2.33. The second kappa shape index (κ2) is 16.7. The summed E-state index contributed by atoms with van der Waals surface area (Å²) in [5.41, 5.74) is 8.06. The molecule has 1 fully saturated rings. The lowest BCUT2D eigenvalue weighted by Gasteiger charge is -2.36. The van der Waals surface area contributed by atoms with E-state index in [1.807, 2.05) is 57.2 Å². The number of amides is 1. The fourth-order valence-corrected chi connectivity index (χ4v) is 8.84. The van der Waals surface area contributed by atoms with Crippen LogP contribution in [0.1, 0.15) is 96.1 Å². The number of fused-ring (bicyclic) bond motifs is 1. The van der Waals surface area contributed by atoms with Crippen LogP contribution in [0.2, 0.25) is 18.1 Å². The van der Waals surface area contributed by atoms with Gasteiger partial charge in [-0.05, 0) is 94.9 Å². The Morgan fingerprint density at radius 2 is 1.83 bits per heavy atom. The zero-order chi connectivity index (χ0) is 34.9. The number of benzene rings is 2. The van der Waals surface area contributed by atoms with Crippen molar-refractivity contribution in [3.05, 3.63) is 53.7 Å². The molecule has 1 aliphatic heterocycles. The Labute approximate surface area is 286 Å².